The first-order valence-corrected chi connectivity index (χ1v) is 4.62. The largest absolute Gasteiger partial charge is 2.00 e. The van der Waals surface area contributed by atoms with Crippen LogP contribution in [-0.2, 0) is 31.4 Å². The van der Waals surface area contributed by atoms with Crippen molar-refractivity contribution < 1.29 is 18.6 Å². The van der Waals surface area contributed by atoms with Crippen LogP contribution in [0.4, 0.5) is 0 Å². The van der Waals surface area contributed by atoms with Crippen LogP contribution in [0.2, 0.25) is 0 Å². The van der Waals surface area contributed by atoms with E-state index in [9.17, 15) is 0 Å². The van der Waals surface area contributed by atoms with Crippen LogP contribution in [0, 0.1) is 48.5 Å². The van der Waals surface area contributed by atoms with Gasteiger partial charge >= 0.3 is 18.6 Å². The van der Waals surface area contributed by atoms with Gasteiger partial charge in [-0.2, -0.15) is 0 Å². The van der Waals surface area contributed by atoms with Crippen LogP contribution in [0.3, 0.4) is 0 Å². The summed E-state index contributed by atoms with van der Waals surface area (Å²) in [4.78, 5) is 0. The van der Waals surface area contributed by atoms with Gasteiger partial charge in [-0.05, 0) is 0 Å². The SMILES string of the molecule is CC[c-]1[c-][c-][c-][c-]1.CC[c-]1[c-][c-][c-][c-]1.[V+2]. The van der Waals surface area contributed by atoms with Crippen LogP contribution in [0.15, 0.2) is 0 Å². The Morgan fingerprint density at radius 3 is 1.07 bits per heavy atom. The van der Waals surface area contributed by atoms with Crippen molar-refractivity contribution in [3.8, 4) is 0 Å². The van der Waals surface area contributed by atoms with E-state index in [2.05, 4.69) is 62.4 Å². The maximum atomic E-state index is 2.85. The van der Waals surface area contributed by atoms with Crippen LogP contribution in [0.5, 0.6) is 0 Å². The fourth-order valence-corrected chi connectivity index (χ4v) is 0.843. The standard InChI is InChI=1S/2C7H5.V/c2*1-2-7-5-3-4-6-7;/h2*2H2,1H3;/q2*-5;+2. The molecule has 0 aliphatic heterocycles. The van der Waals surface area contributed by atoms with Crippen molar-refractivity contribution in [2.24, 2.45) is 0 Å². The first-order valence-electron chi connectivity index (χ1n) is 4.62. The Kier molecular flexibility index (Phi) is 8.17. The monoisotopic (exact) mass is 229 g/mol. The molecule has 0 spiro atoms. The zero-order valence-electron chi connectivity index (χ0n) is 8.86. The molecule has 2 rings (SSSR count). The summed E-state index contributed by atoms with van der Waals surface area (Å²) < 4.78 is 0. The van der Waals surface area contributed by atoms with E-state index < -0.39 is 0 Å². The maximum Gasteiger partial charge on any atom is 2.00 e. The van der Waals surface area contributed by atoms with E-state index in [0.717, 1.165) is 24.0 Å². The minimum absolute atomic E-state index is 0. The molecule has 0 amide bonds. The minimum atomic E-state index is 0. The molecule has 0 aromatic heterocycles. The molecule has 2 aromatic carbocycles. The Balaban J connectivity index is 0.000000245. The first-order chi connectivity index (χ1) is 6.86. The molecule has 79 valence electrons. The van der Waals surface area contributed by atoms with Crippen molar-refractivity contribution in [1.82, 2.24) is 0 Å². The van der Waals surface area contributed by atoms with Gasteiger partial charge < -0.3 is 59.7 Å². The van der Waals surface area contributed by atoms with Crippen LogP contribution < -0.4 is 0 Å². The van der Waals surface area contributed by atoms with Gasteiger partial charge in [0.05, 0.1) is 0 Å². The van der Waals surface area contributed by atoms with Gasteiger partial charge in [-0.15, -0.1) is 0 Å². The third kappa shape index (κ3) is 5.66. The summed E-state index contributed by atoms with van der Waals surface area (Å²) in [6, 6.07) is 22.1. The Morgan fingerprint density at radius 2 is 0.933 bits per heavy atom. The average molecular weight is 229 g/mol. The predicted octanol–water partition coefficient (Wildman–Crippen LogP) is 2.33. The molecular weight excluding hydrogens is 219 g/mol. The van der Waals surface area contributed by atoms with E-state index in [1.807, 2.05) is 0 Å². The van der Waals surface area contributed by atoms with Crippen molar-refractivity contribution in [3.63, 3.8) is 0 Å². The van der Waals surface area contributed by atoms with Crippen molar-refractivity contribution >= 4 is 0 Å². The molecule has 0 atom stereocenters. The van der Waals surface area contributed by atoms with E-state index in [1.165, 1.54) is 0 Å². The Bertz CT molecular complexity index is 269. The second kappa shape index (κ2) is 8.58. The smallest absolute Gasteiger partial charge is 0.998 e. The number of rotatable bonds is 2. The van der Waals surface area contributed by atoms with Crippen molar-refractivity contribution in [1.29, 1.82) is 0 Å². The van der Waals surface area contributed by atoms with E-state index >= 15 is 0 Å². The molecule has 1 heteroatoms. The second-order valence-corrected chi connectivity index (χ2v) is 2.66. The van der Waals surface area contributed by atoms with Gasteiger partial charge in [0.1, 0.15) is 0 Å². The summed E-state index contributed by atoms with van der Waals surface area (Å²) in [6.45, 7) is 4.12. The van der Waals surface area contributed by atoms with Gasteiger partial charge in [0, 0.05) is 0 Å². The molecule has 0 aliphatic carbocycles. The second-order valence-electron chi connectivity index (χ2n) is 2.66. The molecule has 0 heterocycles. The quantitative estimate of drug-likeness (QED) is 0.693. The molecule has 0 saturated heterocycles. The summed E-state index contributed by atoms with van der Waals surface area (Å²) in [7, 11) is 0. The normalized spacial score (nSPS) is 8.67. The molecule has 2 aromatic rings. The Hall–Kier alpha value is -0.716. The molecular formula is C14H10V-8. The molecule has 0 saturated carbocycles. The predicted molar refractivity (Wildman–Crippen MR) is 53.5 cm³/mol. The van der Waals surface area contributed by atoms with Gasteiger partial charge in [0.2, 0.25) is 0 Å². The maximum absolute atomic E-state index is 2.85. The van der Waals surface area contributed by atoms with Crippen molar-refractivity contribution in [2.45, 2.75) is 26.7 Å². The van der Waals surface area contributed by atoms with Gasteiger partial charge in [0.25, 0.3) is 0 Å². The molecule has 0 bridgehead atoms. The molecule has 0 nitrogen and oxygen atoms in total. The number of aryl methyl sites for hydroxylation is 2. The van der Waals surface area contributed by atoms with Gasteiger partial charge in [0.15, 0.2) is 0 Å². The summed E-state index contributed by atoms with van der Waals surface area (Å²) in [5, 5.41) is 0. The van der Waals surface area contributed by atoms with Crippen molar-refractivity contribution in [3.05, 3.63) is 59.7 Å². The Labute approximate surface area is 105 Å². The van der Waals surface area contributed by atoms with E-state index in [1.54, 1.807) is 0 Å². The van der Waals surface area contributed by atoms with E-state index in [0.29, 0.717) is 0 Å². The summed E-state index contributed by atoms with van der Waals surface area (Å²) in [5.41, 5.74) is 2.14. The fraction of sp³-hybridized carbons (Fsp3) is 0.286. The number of hydrogen-bond acceptors (Lipinski definition) is 0. The Morgan fingerprint density at radius 1 is 0.667 bits per heavy atom. The topological polar surface area (TPSA) is 0 Å². The summed E-state index contributed by atoms with van der Waals surface area (Å²) in [6.07, 6.45) is 1.97. The van der Waals surface area contributed by atoms with Crippen LogP contribution in [0.25, 0.3) is 0 Å². The molecule has 0 fully saturated rings. The van der Waals surface area contributed by atoms with Crippen molar-refractivity contribution in [2.75, 3.05) is 0 Å². The van der Waals surface area contributed by atoms with Crippen LogP contribution in [0.1, 0.15) is 25.0 Å². The fourth-order valence-electron chi connectivity index (χ4n) is 0.843. The van der Waals surface area contributed by atoms with E-state index in [-0.39, 0.29) is 18.6 Å². The number of hydrogen-bond donors (Lipinski definition) is 0. The summed E-state index contributed by atoms with van der Waals surface area (Å²) in [5.74, 6) is 0. The summed E-state index contributed by atoms with van der Waals surface area (Å²) >= 11 is 0. The molecule has 1 radical (unpaired) electrons. The van der Waals surface area contributed by atoms with E-state index in [4.69, 9.17) is 0 Å². The zero-order valence-corrected chi connectivity index (χ0v) is 10.3. The first kappa shape index (κ1) is 14.3. The minimum Gasteiger partial charge on any atom is -0.998 e. The van der Waals surface area contributed by atoms with Gasteiger partial charge in [-0.1, -0.05) is 13.8 Å². The average Bonchev–Trinajstić information content (AvgIpc) is 2.92. The third-order valence-corrected chi connectivity index (χ3v) is 1.69. The van der Waals surface area contributed by atoms with Crippen LogP contribution in [-0.4, -0.2) is 0 Å². The molecule has 0 unspecified atom stereocenters. The molecule has 0 aliphatic rings. The van der Waals surface area contributed by atoms with Crippen LogP contribution >= 0.6 is 0 Å². The molecule has 15 heavy (non-hydrogen) atoms. The zero-order chi connectivity index (χ0) is 10.2. The third-order valence-electron chi connectivity index (χ3n) is 1.69. The van der Waals surface area contributed by atoms with Gasteiger partial charge in [-0.25, -0.2) is 12.8 Å². The van der Waals surface area contributed by atoms with Gasteiger partial charge in [-0.3, -0.25) is 0 Å². The molecule has 0 N–H and O–H groups in total.